The van der Waals surface area contributed by atoms with Crippen molar-refractivity contribution in [1.29, 1.82) is 0 Å². The van der Waals surface area contributed by atoms with Crippen LogP contribution >= 0.6 is 7.82 Å². The Balaban J connectivity index is 4.34. The Morgan fingerprint density at radius 3 is 1.19 bits per heavy atom. The number of allylic oxidation sites excluding steroid dienone is 21. The quantitative estimate of drug-likeness (QED) is 0.0272. The third-order valence-corrected chi connectivity index (χ3v) is 14.3. The number of nitrogens with one attached hydrogen (secondary N) is 1. The summed E-state index contributed by atoms with van der Waals surface area (Å²) in [5.74, 6) is -0.240. The highest BCUT2D eigenvalue weighted by Crippen LogP contribution is 2.38. The Hall–Kier alpha value is -3.36. The molecule has 3 unspecified atom stereocenters. The molecule has 0 bridgehead atoms. The minimum Gasteiger partial charge on any atom is -0.756 e. The third-order valence-electron chi connectivity index (χ3n) is 13.3. The number of aliphatic hydroxyl groups is 1. The molecule has 8 nitrogen and oxygen atoms in total. The number of hydrogen-bond donors (Lipinski definition) is 2. The number of hydrogen-bond acceptors (Lipinski definition) is 6. The predicted octanol–water partition coefficient (Wildman–Crippen LogP) is 19.2. The normalized spacial score (nSPS) is 14.7. The van der Waals surface area contributed by atoms with Gasteiger partial charge in [-0.05, 0) is 109 Å². The number of quaternary nitrogens is 1. The van der Waals surface area contributed by atoms with Crippen molar-refractivity contribution in [2.45, 2.75) is 257 Å². The molecule has 2 N–H and O–H groups in total. The minimum absolute atomic E-state index is 0.0221. The molecule has 0 heterocycles. The Morgan fingerprint density at radius 1 is 0.462 bits per heavy atom. The predicted molar refractivity (Wildman–Crippen MR) is 338 cm³/mol. The van der Waals surface area contributed by atoms with Gasteiger partial charge in [-0.3, -0.25) is 9.36 Å². The van der Waals surface area contributed by atoms with E-state index in [0.717, 1.165) is 103 Å². The highest BCUT2D eigenvalue weighted by molar-refractivity contribution is 7.45. The average molecular weight is 1100 g/mol. The fourth-order valence-electron chi connectivity index (χ4n) is 8.44. The molecule has 0 aliphatic carbocycles. The van der Waals surface area contributed by atoms with Crippen molar-refractivity contribution >= 4 is 13.7 Å². The Labute approximate surface area is 481 Å². The molecule has 1 amide bonds. The van der Waals surface area contributed by atoms with Crippen LogP contribution in [0.4, 0.5) is 0 Å². The van der Waals surface area contributed by atoms with E-state index in [4.69, 9.17) is 9.05 Å². The summed E-state index contributed by atoms with van der Waals surface area (Å²) in [4.78, 5) is 25.6. The van der Waals surface area contributed by atoms with Gasteiger partial charge in [-0.15, -0.1) is 0 Å². The molecule has 0 spiro atoms. The first kappa shape index (κ1) is 74.6. The molecule has 0 aromatic carbocycles. The SMILES string of the molecule is CC/C=C\C/C=C\C/C=C\C/C=C\C/C=C\C/C=C\C/C=C\C/C=C\CCCCCCC(=O)NC(COP(=O)([O-])OCC[N+](C)(C)C)C(O)/C=C/CC/C=C/CC/C=C/CCCCCCCCCCCCCCCCCCC. The summed E-state index contributed by atoms with van der Waals surface area (Å²) < 4.78 is 23.4. The molecule has 0 aromatic heterocycles. The standard InChI is InChI=1S/C69H119N2O6P/c1-6-8-10-12-14-16-18-20-22-24-26-28-30-32-34-35-37-39-41-43-45-47-49-51-53-55-57-59-61-63-69(73)70-67(66-77-78(74,75)76-65-64-71(3,4)5)68(72)62-60-58-56-54-52-50-48-46-44-42-40-38-36-33-31-29-27-25-23-21-19-17-15-13-11-9-7-2/h8,10,14,16,20,22,26,28,32,34,37,39,43-46,49,51-52,54,60,62,67-68,72H,6-7,9,11-13,15,17-19,21,23-25,27,29-31,33,35-36,38,40-42,47-48,50,53,55-59,61,63-66H2,1-5H3,(H-,70,73,74,75)/b10-8-,16-14-,22-20-,28-26-,34-32-,39-37-,45-43-,46-44+,51-49-,54-52+,62-60+. The van der Waals surface area contributed by atoms with Gasteiger partial charge in [0.05, 0.1) is 39.9 Å². The number of phosphoric acid groups is 1. The first-order valence-electron chi connectivity index (χ1n) is 31.5. The molecule has 9 heteroatoms. The summed E-state index contributed by atoms with van der Waals surface area (Å²) in [7, 11) is 1.20. The van der Waals surface area contributed by atoms with E-state index in [1.165, 1.54) is 116 Å². The second kappa shape index (κ2) is 58.3. The van der Waals surface area contributed by atoms with Crippen molar-refractivity contribution in [3.05, 3.63) is 134 Å². The number of rotatable bonds is 56. The minimum atomic E-state index is -4.63. The molecule has 0 saturated heterocycles. The molecule has 446 valence electrons. The maximum atomic E-state index is 13.0. The van der Waals surface area contributed by atoms with Gasteiger partial charge < -0.3 is 28.8 Å². The van der Waals surface area contributed by atoms with E-state index in [-0.39, 0.29) is 12.5 Å². The molecule has 0 aliphatic rings. The first-order chi connectivity index (χ1) is 38.0. The molecular weight excluding hydrogens is 984 g/mol. The van der Waals surface area contributed by atoms with Crippen molar-refractivity contribution in [1.82, 2.24) is 5.32 Å². The Kier molecular flexibility index (Phi) is 55.8. The monoisotopic (exact) mass is 1100 g/mol. The zero-order valence-corrected chi connectivity index (χ0v) is 51.7. The largest absolute Gasteiger partial charge is 0.756 e. The summed E-state index contributed by atoms with van der Waals surface area (Å²) in [6, 6.07) is -0.936. The topological polar surface area (TPSA) is 108 Å². The van der Waals surface area contributed by atoms with Crippen LogP contribution in [0.1, 0.15) is 245 Å². The number of unbranched alkanes of at least 4 members (excludes halogenated alkanes) is 23. The van der Waals surface area contributed by atoms with E-state index in [9.17, 15) is 19.4 Å². The van der Waals surface area contributed by atoms with Crippen LogP contribution in [0.2, 0.25) is 0 Å². The van der Waals surface area contributed by atoms with Crippen molar-refractivity contribution in [3.63, 3.8) is 0 Å². The lowest BCUT2D eigenvalue weighted by Gasteiger charge is -2.29. The number of phosphoric ester groups is 1. The van der Waals surface area contributed by atoms with Gasteiger partial charge in [0.15, 0.2) is 0 Å². The third kappa shape index (κ3) is 60.3. The number of aliphatic hydroxyl groups excluding tert-OH is 1. The summed E-state index contributed by atoms with van der Waals surface area (Å²) in [6.45, 7) is 4.49. The van der Waals surface area contributed by atoms with E-state index in [2.05, 4.69) is 141 Å². The molecule has 0 radical (unpaired) electrons. The number of carbonyl (C=O) groups is 1. The fourth-order valence-corrected chi connectivity index (χ4v) is 9.16. The second-order valence-corrected chi connectivity index (χ2v) is 23.4. The lowest BCUT2D eigenvalue weighted by atomic mass is 10.0. The van der Waals surface area contributed by atoms with Crippen LogP contribution < -0.4 is 10.2 Å². The number of carbonyl (C=O) groups excluding carboxylic acids is 1. The van der Waals surface area contributed by atoms with Crippen LogP contribution in [-0.2, 0) is 18.4 Å². The molecule has 0 saturated carbocycles. The van der Waals surface area contributed by atoms with Gasteiger partial charge in [-0.25, -0.2) is 0 Å². The molecule has 78 heavy (non-hydrogen) atoms. The summed E-state index contributed by atoms with van der Waals surface area (Å²) in [5, 5.41) is 13.9. The summed E-state index contributed by atoms with van der Waals surface area (Å²) >= 11 is 0. The van der Waals surface area contributed by atoms with E-state index in [0.29, 0.717) is 23.9 Å². The highest BCUT2D eigenvalue weighted by Gasteiger charge is 2.23. The smallest absolute Gasteiger partial charge is 0.268 e. The van der Waals surface area contributed by atoms with Gasteiger partial charge in [-0.1, -0.05) is 263 Å². The van der Waals surface area contributed by atoms with Crippen LogP contribution in [0.25, 0.3) is 0 Å². The van der Waals surface area contributed by atoms with E-state index in [1.54, 1.807) is 6.08 Å². The maximum absolute atomic E-state index is 13.0. The Bertz CT molecular complexity index is 1730. The fraction of sp³-hybridized carbons (Fsp3) is 0.667. The lowest BCUT2D eigenvalue weighted by Crippen LogP contribution is -2.45. The van der Waals surface area contributed by atoms with Crippen LogP contribution in [-0.4, -0.2) is 68.5 Å². The zero-order valence-electron chi connectivity index (χ0n) is 50.8. The molecule has 0 fully saturated rings. The van der Waals surface area contributed by atoms with Crippen LogP contribution in [0, 0.1) is 0 Å². The van der Waals surface area contributed by atoms with E-state index < -0.39 is 26.6 Å². The average Bonchev–Trinajstić information content (AvgIpc) is 3.41. The van der Waals surface area contributed by atoms with Crippen molar-refractivity contribution in [2.75, 3.05) is 40.9 Å². The van der Waals surface area contributed by atoms with Gasteiger partial charge in [0.25, 0.3) is 7.82 Å². The first-order valence-corrected chi connectivity index (χ1v) is 33.0. The highest BCUT2D eigenvalue weighted by atomic mass is 31.2. The lowest BCUT2D eigenvalue weighted by molar-refractivity contribution is -0.870. The molecule has 0 aliphatic heterocycles. The molecule has 0 aromatic rings. The van der Waals surface area contributed by atoms with Crippen LogP contribution in [0.3, 0.4) is 0 Å². The van der Waals surface area contributed by atoms with Gasteiger partial charge in [-0.2, -0.15) is 0 Å². The summed E-state index contributed by atoms with van der Waals surface area (Å²) in [6.07, 6.45) is 88.4. The van der Waals surface area contributed by atoms with Crippen molar-refractivity contribution in [2.24, 2.45) is 0 Å². The maximum Gasteiger partial charge on any atom is 0.268 e. The van der Waals surface area contributed by atoms with Gasteiger partial charge in [0, 0.05) is 6.42 Å². The molecule has 0 rings (SSSR count). The van der Waals surface area contributed by atoms with Gasteiger partial charge in [0.1, 0.15) is 13.2 Å². The van der Waals surface area contributed by atoms with Crippen LogP contribution in [0.5, 0.6) is 0 Å². The van der Waals surface area contributed by atoms with Crippen molar-refractivity contribution in [3.8, 4) is 0 Å². The molecular formula is C69H119N2O6P. The second-order valence-electron chi connectivity index (χ2n) is 22.0. The molecule has 3 atom stereocenters. The number of nitrogens with zero attached hydrogens (tertiary/aromatic N) is 1. The van der Waals surface area contributed by atoms with Crippen molar-refractivity contribution < 1.29 is 32.9 Å². The Morgan fingerprint density at radius 2 is 0.795 bits per heavy atom. The number of likely N-dealkylation sites (N-methyl/N-ethyl adjacent to an activating group) is 1. The van der Waals surface area contributed by atoms with Crippen LogP contribution in [0.15, 0.2) is 134 Å². The van der Waals surface area contributed by atoms with Gasteiger partial charge in [0.2, 0.25) is 5.91 Å². The summed E-state index contributed by atoms with van der Waals surface area (Å²) in [5.41, 5.74) is 0. The zero-order chi connectivity index (χ0) is 57.0. The van der Waals surface area contributed by atoms with Gasteiger partial charge >= 0.3 is 0 Å². The number of amides is 1. The van der Waals surface area contributed by atoms with E-state index >= 15 is 0 Å². The van der Waals surface area contributed by atoms with E-state index in [1.807, 2.05) is 27.2 Å².